The molecule has 266 valence electrons. The van der Waals surface area contributed by atoms with E-state index < -0.39 is 0 Å². The van der Waals surface area contributed by atoms with Crippen LogP contribution in [0.15, 0.2) is 192 Å². The average Bonchev–Trinajstić information content (AvgIpc) is 3.99. The van der Waals surface area contributed by atoms with Gasteiger partial charge < -0.3 is 13.6 Å². The normalized spacial score (nSPS) is 13.6. The third kappa shape index (κ3) is 4.81. The molecule has 0 radical (unpaired) electrons. The summed E-state index contributed by atoms with van der Waals surface area (Å²) in [5.41, 5.74) is 6.24. The maximum Gasteiger partial charge on any atom is 0.164 e. The molecule has 0 unspecified atom stereocenters. The van der Waals surface area contributed by atoms with Crippen molar-refractivity contribution in [2.24, 2.45) is 0 Å². The Bertz CT molecular complexity index is 3870. The Morgan fingerprint density at radius 1 is 0.421 bits per heavy atom. The van der Waals surface area contributed by atoms with Crippen LogP contribution in [-0.4, -0.2) is 24.1 Å². The lowest BCUT2D eigenvalue weighted by molar-refractivity contribution is 0.666. The summed E-state index contributed by atoms with van der Waals surface area (Å²) in [5, 5.41) is 2.85. The summed E-state index contributed by atoms with van der Waals surface area (Å²) in [4.78, 5) is 14.7. The van der Waals surface area contributed by atoms with Crippen LogP contribution in [0.2, 0.25) is 0 Å². The van der Waals surface area contributed by atoms with Gasteiger partial charge in [-0.05, 0) is 42.4 Å². The number of aromatic nitrogens is 5. The van der Waals surface area contributed by atoms with E-state index in [0.717, 1.165) is 21.9 Å². The lowest BCUT2D eigenvalue weighted by Gasteiger charge is -2.12. The average molecular weight is 737 g/mol. The van der Waals surface area contributed by atoms with Crippen LogP contribution < -0.4 is 0 Å². The molecule has 0 saturated carbocycles. The van der Waals surface area contributed by atoms with Gasteiger partial charge in [0.1, 0.15) is 5.58 Å². The minimum absolute atomic E-state index is 0.00688. The molecule has 0 aliphatic heterocycles. The highest BCUT2D eigenvalue weighted by Gasteiger charge is 2.23. The summed E-state index contributed by atoms with van der Waals surface area (Å²) >= 11 is 0. The number of furan rings is 1. The molecule has 6 nitrogen and oxygen atoms in total. The lowest BCUT2D eigenvalue weighted by Crippen LogP contribution is -2.00. The molecule has 0 N–H and O–H groups in total. The molecule has 4 heterocycles. The number of hydrogen-bond donors (Lipinski definition) is 0. The molecule has 12 rings (SSSR count). The summed E-state index contributed by atoms with van der Waals surface area (Å²) in [6.45, 7) is 0. The third-order valence-electron chi connectivity index (χ3n) is 10.6. The first-order valence-electron chi connectivity index (χ1n) is 22.0. The van der Waals surface area contributed by atoms with Gasteiger partial charge in [-0.25, -0.2) is 15.0 Å². The van der Waals surface area contributed by atoms with Crippen LogP contribution >= 0.6 is 0 Å². The van der Waals surface area contributed by atoms with Gasteiger partial charge >= 0.3 is 0 Å². The van der Waals surface area contributed by atoms with Crippen molar-refractivity contribution in [2.45, 2.75) is 0 Å². The SMILES string of the molecule is [2H]c1cc([2H])c2c(c1)c1c([2H])c([2H])c3c4c([2H])c([2H])cc([2H])c4n(-c4ccccc4)c3c1n2-c1cccc2c1oc1cc(-c3nc(-c4ccccc4)nc(-c4ccccc4)n3)ccc12. The first-order chi connectivity index (χ1) is 31.2. The van der Waals surface area contributed by atoms with Gasteiger partial charge in [0.15, 0.2) is 23.1 Å². The molecule has 0 atom stereocenters. The molecule has 0 fully saturated rings. The highest BCUT2D eigenvalue weighted by molar-refractivity contribution is 6.24. The van der Waals surface area contributed by atoms with Crippen LogP contribution in [0.1, 0.15) is 9.60 Å². The van der Waals surface area contributed by atoms with E-state index in [2.05, 4.69) is 0 Å². The molecule has 0 aliphatic rings. The zero-order valence-corrected chi connectivity index (χ0v) is 30.0. The standard InChI is InChI=1S/C51H31N5O/c1-4-15-32(16-5-1)49-52-50(33-17-6-2-7-18-33)54-51(53-49)34-27-28-38-41-23-14-26-44(48(41)57-45(38)31-34)56-43-25-13-11-22-37(43)40-30-29-39-36-21-10-12-24-42(36)55(46(39)47(40)56)35-19-8-3-9-20-35/h1-31H/i10D,11D,21D,24D,25D,29D,30D. The Morgan fingerprint density at radius 2 is 1.04 bits per heavy atom. The number of hydrogen-bond acceptors (Lipinski definition) is 4. The van der Waals surface area contributed by atoms with Crippen LogP contribution in [-0.2, 0) is 0 Å². The molecule has 6 heteroatoms. The number of rotatable bonds is 5. The van der Waals surface area contributed by atoms with Crippen molar-refractivity contribution in [3.63, 3.8) is 0 Å². The summed E-state index contributed by atoms with van der Waals surface area (Å²) in [6, 6.07) is 44.3. The number of benzene rings is 8. The third-order valence-corrected chi connectivity index (χ3v) is 10.6. The monoisotopic (exact) mass is 736 g/mol. The Labute approximate surface area is 336 Å². The van der Waals surface area contributed by atoms with Crippen molar-refractivity contribution in [3.05, 3.63) is 188 Å². The topological polar surface area (TPSA) is 61.7 Å². The van der Waals surface area contributed by atoms with E-state index in [-0.39, 0.29) is 53.1 Å². The van der Waals surface area contributed by atoms with Crippen molar-refractivity contribution in [1.82, 2.24) is 24.1 Å². The lowest BCUT2D eigenvalue weighted by atomic mass is 10.1. The zero-order chi connectivity index (χ0) is 43.5. The fraction of sp³-hybridized carbons (Fsp3) is 0. The molecule has 57 heavy (non-hydrogen) atoms. The molecule has 8 aromatic carbocycles. The summed E-state index contributed by atoms with van der Waals surface area (Å²) in [5.74, 6) is 1.52. The first-order valence-corrected chi connectivity index (χ1v) is 18.5. The number of nitrogens with zero attached hydrogens (tertiary/aromatic N) is 5. The minimum Gasteiger partial charge on any atom is -0.454 e. The second-order valence-electron chi connectivity index (χ2n) is 13.9. The van der Waals surface area contributed by atoms with E-state index in [1.165, 1.54) is 12.1 Å². The quantitative estimate of drug-likeness (QED) is 0.176. The van der Waals surface area contributed by atoms with Crippen molar-refractivity contribution < 1.29 is 14.0 Å². The van der Waals surface area contributed by atoms with Gasteiger partial charge in [-0.2, -0.15) is 0 Å². The molecule has 0 spiro atoms. The first kappa shape index (κ1) is 25.3. The van der Waals surface area contributed by atoms with Crippen LogP contribution in [0.4, 0.5) is 0 Å². The number of para-hydroxylation sites is 4. The van der Waals surface area contributed by atoms with E-state index in [9.17, 15) is 5.48 Å². The van der Waals surface area contributed by atoms with Gasteiger partial charge in [-0.1, -0.05) is 145 Å². The Morgan fingerprint density at radius 3 is 1.75 bits per heavy atom. The minimum atomic E-state index is -0.180. The van der Waals surface area contributed by atoms with E-state index >= 15 is 0 Å². The van der Waals surface area contributed by atoms with E-state index in [1.54, 1.807) is 6.07 Å². The molecular weight excluding hydrogens is 699 g/mol. The van der Waals surface area contributed by atoms with E-state index in [0.29, 0.717) is 78.4 Å². The van der Waals surface area contributed by atoms with Gasteiger partial charge in [0.05, 0.1) is 37.3 Å². The smallest absolute Gasteiger partial charge is 0.164 e. The van der Waals surface area contributed by atoms with E-state index in [1.807, 2.05) is 137 Å². The van der Waals surface area contributed by atoms with Gasteiger partial charge in [-0.15, -0.1) is 0 Å². The molecule has 0 aliphatic carbocycles. The summed E-state index contributed by atoms with van der Waals surface area (Å²) in [6.07, 6.45) is 0. The van der Waals surface area contributed by atoms with Gasteiger partial charge in [-0.3, -0.25) is 0 Å². The highest BCUT2D eigenvalue weighted by atomic mass is 16.3. The van der Waals surface area contributed by atoms with Crippen LogP contribution in [0.5, 0.6) is 0 Å². The van der Waals surface area contributed by atoms with Crippen LogP contribution in [0.25, 0.3) is 111 Å². The van der Waals surface area contributed by atoms with Crippen molar-refractivity contribution in [2.75, 3.05) is 0 Å². The predicted octanol–water partition coefficient (Wildman–Crippen LogP) is 13.0. The second-order valence-corrected chi connectivity index (χ2v) is 13.9. The molecule has 0 amide bonds. The zero-order valence-electron chi connectivity index (χ0n) is 37.0. The van der Waals surface area contributed by atoms with Crippen molar-refractivity contribution in [3.8, 4) is 45.5 Å². The Hall–Kier alpha value is -7.83. The molecule has 4 aromatic heterocycles. The summed E-state index contributed by atoms with van der Waals surface area (Å²) in [7, 11) is 0. The molecule has 0 saturated heterocycles. The van der Waals surface area contributed by atoms with Gasteiger partial charge in [0, 0.05) is 54.7 Å². The fourth-order valence-corrected chi connectivity index (χ4v) is 8.09. The van der Waals surface area contributed by atoms with Gasteiger partial charge in [0.2, 0.25) is 0 Å². The Balaban J connectivity index is 1.18. The Kier molecular flexibility index (Phi) is 5.48. The second kappa shape index (κ2) is 12.3. The van der Waals surface area contributed by atoms with Gasteiger partial charge in [0.25, 0.3) is 0 Å². The fourth-order valence-electron chi connectivity index (χ4n) is 8.09. The molecule has 0 bridgehead atoms. The van der Waals surface area contributed by atoms with Crippen molar-refractivity contribution >= 4 is 65.6 Å². The highest BCUT2D eigenvalue weighted by Crippen LogP contribution is 2.44. The predicted molar refractivity (Wildman–Crippen MR) is 232 cm³/mol. The number of fused-ring (bicyclic) bond motifs is 10. The maximum atomic E-state index is 9.60. The molecule has 12 aromatic rings. The van der Waals surface area contributed by atoms with Crippen molar-refractivity contribution in [1.29, 1.82) is 0 Å². The summed E-state index contributed by atoms with van der Waals surface area (Å²) < 4.78 is 74.8. The van der Waals surface area contributed by atoms with Crippen LogP contribution in [0, 0.1) is 0 Å². The maximum absolute atomic E-state index is 9.60. The largest absolute Gasteiger partial charge is 0.454 e. The molecular formula is C51H31N5O. The van der Waals surface area contributed by atoms with E-state index in [4.69, 9.17) is 23.5 Å². The van der Waals surface area contributed by atoms with Crippen LogP contribution in [0.3, 0.4) is 0 Å².